The van der Waals surface area contributed by atoms with Gasteiger partial charge in [0.05, 0.1) is 7.11 Å². The van der Waals surface area contributed by atoms with Gasteiger partial charge in [0.15, 0.2) is 10.8 Å². The number of thiazole rings is 1. The number of ketones is 1. The highest BCUT2D eigenvalue weighted by Crippen LogP contribution is 2.25. The van der Waals surface area contributed by atoms with Gasteiger partial charge in [0.25, 0.3) is 5.78 Å². The van der Waals surface area contributed by atoms with Crippen molar-refractivity contribution in [3.63, 3.8) is 0 Å². The highest BCUT2D eigenvalue weighted by atomic mass is 32.1. The van der Waals surface area contributed by atoms with Crippen molar-refractivity contribution < 1.29 is 13.9 Å². The van der Waals surface area contributed by atoms with Crippen molar-refractivity contribution in [2.45, 2.75) is 0 Å². The third kappa shape index (κ3) is 1.78. The lowest BCUT2D eigenvalue weighted by molar-refractivity contribution is 0.101. The molecule has 0 fully saturated rings. The molecule has 3 aromatic rings. The zero-order valence-electron chi connectivity index (χ0n) is 9.54. The van der Waals surface area contributed by atoms with Gasteiger partial charge in [0.2, 0.25) is 0 Å². The molecule has 0 N–H and O–H groups in total. The largest absolute Gasteiger partial charge is 0.497 e. The number of methoxy groups -OCH3 is 1. The van der Waals surface area contributed by atoms with Crippen molar-refractivity contribution in [2.75, 3.05) is 7.11 Å². The number of fused-ring (bicyclic) bond motifs is 1. The maximum atomic E-state index is 12.1. The van der Waals surface area contributed by atoms with E-state index in [4.69, 9.17) is 9.15 Å². The SMILES string of the molecule is COc1ccc2cc(C(=O)c3nccs3)oc2c1. The third-order valence-corrected chi connectivity index (χ3v) is 3.35. The van der Waals surface area contributed by atoms with Crippen molar-refractivity contribution in [2.24, 2.45) is 0 Å². The molecular weight excluding hydrogens is 250 g/mol. The molecule has 0 aliphatic carbocycles. The summed E-state index contributed by atoms with van der Waals surface area (Å²) in [4.78, 5) is 16.0. The van der Waals surface area contributed by atoms with Crippen LogP contribution in [-0.4, -0.2) is 17.9 Å². The van der Waals surface area contributed by atoms with Crippen LogP contribution in [0.25, 0.3) is 11.0 Å². The van der Waals surface area contributed by atoms with E-state index in [9.17, 15) is 4.79 Å². The Hall–Kier alpha value is -2.14. The van der Waals surface area contributed by atoms with E-state index in [1.54, 1.807) is 30.8 Å². The Morgan fingerprint density at radius 2 is 2.28 bits per heavy atom. The molecule has 90 valence electrons. The van der Waals surface area contributed by atoms with Crippen molar-refractivity contribution in [3.05, 3.63) is 46.6 Å². The molecule has 5 heteroatoms. The number of rotatable bonds is 3. The van der Waals surface area contributed by atoms with Gasteiger partial charge >= 0.3 is 0 Å². The second-order valence-corrected chi connectivity index (χ2v) is 4.58. The van der Waals surface area contributed by atoms with Gasteiger partial charge in [0.1, 0.15) is 11.3 Å². The molecule has 0 amide bonds. The van der Waals surface area contributed by atoms with Crippen molar-refractivity contribution in [3.8, 4) is 5.75 Å². The van der Waals surface area contributed by atoms with Gasteiger partial charge in [-0.1, -0.05) is 0 Å². The number of furan rings is 1. The first kappa shape index (κ1) is 11.0. The molecule has 0 atom stereocenters. The van der Waals surface area contributed by atoms with E-state index in [1.165, 1.54) is 11.3 Å². The van der Waals surface area contributed by atoms with E-state index >= 15 is 0 Å². The van der Waals surface area contributed by atoms with E-state index in [0.29, 0.717) is 22.1 Å². The summed E-state index contributed by atoms with van der Waals surface area (Å²) in [5.41, 5.74) is 0.634. The Kier molecular flexibility index (Phi) is 2.60. The van der Waals surface area contributed by atoms with Crippen molar-refractivity contribution in [1.29, 1.82) is 0 Å². The maximum absolute atomic E-state index is 12.1. The fourth-order valence-electron chi connectivity index (χ4n) is 1.69. The molecule has 0 saturated carbocycles. The monoisotopic (exact) mass is 259 g/mol. The lowest BCUT2D eigenvalue weighted by Crippen LogP contribution is -1.97. The second kappa shape index (κ2) is 4.27. The van der Waals surface area contributed by atoms with E-state index in [0.717, 1.165) is 5.39 Å². The summed E-state index contributed by atoms with van der Waals surface area (Å²) in [5.74, 6) is 0.804. The molecule has 4 nitrogen and oxygen atoms in total. The zero-order chi connectivity index (χ0) is 12.5. The van der Waals surface area contributed by atoms with E-state index in [2.05, 4.69) is 4.98 Å². The van der Waals surface area contributed by atoms with Gasteiger partial charge in [0, 0.05) is 23.0 Å². The topological polar surface area (TPSA) is 52.3 Å². The quantitative estimate of drug-likeness (QED) is 0.678. The molecule has 1 aromatic carbocycles. The third-order valence-electron chi connectivity index (χ3n) is 2.58. The maximum Gasteiger partial charge on any atom is 0.256 e. The summed E-state index contributed by atoms with van der Waals surface area (Å²) >= 11 is 1.30. The van der Waals surface area contributed by atoms with Gasteiger partial charge in [-0.15, -0.1) is 11.3 Å². The first-order valence-electron chi connectivity index (χ1n) is 5.30. The summed E-state index contributed by atoms with van der Waals surface area (Å²) < 4.78 is 10.6. The van der Waals surface area contributed by atoms with Crippen LogP contribution in [0.1, 0.15) is 15.6 Å². The summed E-state index contributed by atoms with van der Waals surface area (Å²) in [6.07, 6.45) is 1.60. The van der Waals surface area contributed by atoms with Crippen LogP contribution < -0.4 is 4.74 Å². The van der Waals surface area contributed by atoms with Crippen LogP contribution in [0.15, 0.2) is 40.3 Å². The summed E-state index contributed by atoms with van der Waals surface area (Å²) in [6, 6.07) is 7.16. The number of hydrogen-bond donors (Lipinski definition) is 0. The summed E-state index contributed by atoms with van der Waals surface area (Å²) in [7, 11) is 1.59. The highest BCUT2D eigenvalue weighted by Gasteiger charge is 2.16. The normalized spacial score (nSPS) is 10.7. The van der Waals surface area contributed by atoms with Crippen LogP contribution >= 0.6 is 11.3 Å². The van der Waals surface area contributed by atoms with Crippen molar-refractivity contribution in [1.82, 2.24) is 4.98 Å². The van der Waals surface area contributed by atoms with E-state index < -0.39 is 0 Å². The average Bonchev–Trinajstić information content (AvgIpc) is 3.05. The molecule has 0 radical (unpaired) electrons. The molecule has 2 aromatic heterocycles. The van der Waals surface area contributed by atoms with E-state index in [-0.39, 0.29) is 5.78 Å². The lowest BCUT2D eigenvalue weighted by atomic mass is 10.2. The Balaban J connectivity index is 2.06. The van der Waals surface area contributed by atoms with Crippen molar-refractivity contribution >= 4 is 28.1 Å². The van der Waals surface area contributed by atoms with Crippen LogP contribution in [0.3, 0.4) is 0 Å². The van der Waals surface area contributed by atoms with E-state index in [1.807, 2.05) is 12.1 Å². The Labute approximate surface area is 107 Å². The van der Waals surface area contributed by atoms with Crippen LogP contribution in [-0.2, 0) is 0 Å². The standard InChI is InChI=1S/C13H9NO3S/c1-16-9-3-2-8-6-11(17-10(8)7-9)12(15)13-14-4-5-18-13/h2-7H,1H3. The predicted octanol–water partition coefficient (Wildman–Crippen LogP) is 3.13. The predicted molar refractivity (Wildman–Crippen MR) is 68.3 cm³/mol. The molecule has 0 saturated heterocycles. The minimum absolute atomic E-state index is 0.194. The fourth-order valence-corrected chi connectivity index (χ4v) is 2.27. The number of ether oxygens (including phenoxy) is 1. The summed E-state index contributed by atoms with van der Waals surface area (Å²) in [6.45, 7) is 0. The molecular formula is C13H9NO3S. The molecule has 0 unspecified atom stereocenters. The van der Waals surface area contributed by atoms with Crippen LogP contribution in [0.2, 0.25) is 0 Å². The Morgan fingerprint density at radius 3 is 3.00 bits per heavy atom. The van der Waals surface area contributed by atoms with Gasteiger partial charge in [-0.05, 0) is 18.2 Å². The van der Waals surface area contributed by atoms with Gasteiger partial charge in [-0.2, -0.15) is 0 Å². The summed E-state index contributed by atoms with van der Waals surface area (Å²) in [5, 5.41) is 3.07. The molecule has 18 heavy (non-hydrogen) atoms. The fraction of sp³-hybridized carbons (Fsp3) is 0.0769. The Bertz CT molecular complexity index is 700. The molecule has 0 aliphatic rings. The molecule has 0 aliphatic heterocycles. The highest BCUT2D eigenvalue weighted by molar-refractivity contribution is 7.11. The zero-order valence-corrected chi connectivity index (χ0v) is 10.4. The van der Waals surface area contributed by atoms with Gasteiger partial charge < -0.3 is 9.15 Å². The van der Waals surface area contributed by atoms with Crippen LogP contribution in [0.5, 0.6) is 5.75 Å². The number of carbonyl (C=O) groups is 1. The Morgan fingerprint density at radius 1 is 1.39 bits per heavy atom. The smallest absolute Gasteiger partial charge is 0.256 e. The molecule has 0 spiro atoms. The minimum Gasteiger partial charge on any atom is -0.497 e. The van der Waals surface area contributed by atoms with Crippen LogP contribution in [0.4, 0.5) is 0 Å². The molecule has 3 rings (SSSR count). The first-order chi connectivity index (χ1) is 8.78. The van der Waals surface area contributed by atoms with Crippen LogP contribution in [0, 0.1) is 0 Å². The van der Waals surface area contributed by atoms with Gasteiger partial charge in [-0.25, -0.2) is 4.98 Å². The number of nitrogens with zero attached hydrogens (tertiary/aromatic N) is 1. The number of aromatic nitrogens is 1. The second-order valence-electron chi connectivity index (χ2n) is 3.68. The number of benzene rings is 1. The average molecular weight is 259 g/mol. The number of carbonyl (C=O) groups excluding carboxylic acids is 1. The molecule has 0 bridgehead atoms. The molecule has 2 heterocycles. The number of hydrogen-bond acceptors (Lipinski definition) is 5. The lowest BCUT2D eigenvalue weighted by Gasteiger charge is -1.96. The minimum atomic E-state index is -0.194. The first-order valence-corrected chi connectivity index (χ1v) is 6.17. The van der Waals surface area contributed by atoms with Gasteiger partial charge in [-0.3, -0.25) is 4.79 Å².